The Bertz CT molecular complexity index is 416. The molecule has 0 saturated heterocycles. The second-order valence-electron chi connectivity index (χ2n) is 8.83. The van der Waals surface area contributed by atoms with Gasteiger partial charge in [-0.2, -0.15) is 0 Å². The average molecular weight is 385 g/mol. The quantitative estimate of drug-likeness (QED) is 0.425. The standard InChI is InChI=1S/C22H44N2O3/c1-8-10-11-12-13-14-15-16-24(21(26)27-22(5,6)7)19(17-18(3)4)20(25)23-9-2/h18-19H,8-17H2,1-7H3,(H,23,25)/t19-/m0/s1. The zero-order chi connectivity index (χ0) is 20.9. The number of nitrogens with one attached hydrogen (secondary N) is 1. The Hall–Kier alpha value is -1.26. The first kappa shape index (κ1) is 25.7. The number of carbonyl (C=O) groups excluding carboxylic acids is 2. The van der Waals surface area contributed by atoms with Crippen LogP contribution in [-0.4, -0.2) is 41.6 Å². The molecule has 0 aromatic carbocycles. The fourth-order valence-electron chi connectivity index (χ4n) is 3.05. The Morgan fingerprint density at radius 2 is 1.52 bits per heavy atom. The summed E-state index contributed by atoms with van der Waals surface area (Å²) in [7, 11) is 0. The first-order chi connectivity index (χ1) is 12.6. The molecule has 0 aliphatic heterocycles. The fourth-order valence-corrected chi connectivity index (χ4v) is 3.05. The highest BCUT2D eigenvalue weighted by molar-refractivity contribution is 5.85. The van der Waals surface area contributed by atoms with Crippen molar-refractivity contribution in [3.63, 3.8) is 0 Å². The van der Waals surface area contributed by atoms with Crippen molar-refractivity contribution in [2.75, 3.05) is 13.1 Å². The van der Waals surface area contributed by atoms with E-state index in [1.54, 1.807) is 4.90 Å². The van der Waals surface area contributed by atoms with Gasteiger partial charge in [0.25, 0.3) is 0 Å². The van der Waals surface area contributed by atoms with Gasteiger partial charge < -0.3 is 10.1 Å². The van der Waals surface area contributed by atoms with Crippen molar-refractivity contribution in [3.8, 4) is 0 Å². The summed E-state index contributed by atoms with van der Waals surface area (Å²) in [6.07, 6.45) is 8.47. The highest BCUT2D eigenvalue weighted by Gasteiger charge is 2.32. The largest absolute Gasteiger partial charge is 0.444 e. The van der Waals surface area contributed by atoms with E-state index in [0.29, 0.717) is 25.4 Å². The molecule has 27 heavy (non-hydrogen) atoms. The Kier molecular flexibility index (Phi) is 13.2. The van der Waals surface area contributed by atoms with Crippen molar-refractivity contribution in [3.05, 3.63) is 0 Å². The smallest absolute Gasteiger partial charge is 0.410 e. The number of ether oxygens (including phenoxy) is 1. The van der Waals surface area contributed by atoms with Crippen LogP contribution in [0.1, 0.15) is 99.8 Å². The molecular weight excluding hydrogens is 340 g/mol. The summed E-state index contributed by atoms with van der Waals surface area (Å²) in [6.45, 7) is 15.0. The van der Waals surface area contributed by atoms with Gasteiger partial charge in [-0.1, -0.05) is 59.3 Å². The molecule has 5 nitrogen and oxygen atoms in total. The molecule has 0 aliphatic rings. The van der Waals surface area contributed by atoms with Crippen LogP contribution in [0.25, 0.3) is 0 Å². The summed E-state index contributed by atoms with van der Waals surface area (Å²) in [5, 5.41) is 2.89. The Morgan fingerprint density at radius 1 is 0.963 bits per heavy atom. The van der Waals surface area contributed by atoms with E-state index in [4.69, 9.17) is 4.74 Å². The molecule has 0 spiro atoms. The van der Waals surface area contributed by atoms with Crippen LogP contribution >= 0.6 is 0 Å². The molecule has 0 bridgehead atoms. The maximum atomic E-state index is 12.8. The lowest BCUT2D eigenvalue weighted by Crippen LogP contribution is -2.51. The molecule has 0 radical (unpaired) electrons. The van der Waals surface area contributed by atoms with Gasteiger partial charge >= 0.3 is 6.09 Å². The highest BCUT2D eigenvalue weighted by atomic mass is 16.6. The normalized spacial score (nSPS) is 12.7. The highest BCUT2D eigenvalue weighted by Crippen LogP contribution is 2.18. The molecule has 1 N–H and O–H groups in total. The zero-order valence-electron chi connectivity index (χ0n) is 18.9. The van der Waals surface area contributed by atoms with Crippen molar-refractivity contribution in [1.82, 2.24) is 10.2 Å². The number of nitrogens with zero attached hydrogens (tertiary/aromatic N) is 1. The van der Waals surface area contributed by atoms with Gasteiger partial charge in [0, 0.05) is 13.1 Å². The van der Waals surface area contributed by atoms with Crippen molar-refractivity contribution in [1.29, 1.82) is 0 Å². The second kappa shape index (κ2) is 13.8. The predicted molar refractivity (Wildman–Crippen MR) is 113 cm³/mol. The lowest BCUT2D eigenvalue weighted by Gasteiger charge is -2.33. The molecule has 0 aromatic rings. The van der Waals surface area contributed by atoms with E-state index in [1.165, 1.54) is 32.1 Å². The molecule has 1 atom stereocenters. The van der Waals surface area contributed by atoms with E-state index in [2.05, 4.69) is 26.1 Å². The molecule has 0 fully saturated rings. The molecular formula is C22H44N2O3. The number of hydrogen-bond acceptors (Lipinski definition) is 3. The van der Waals surface area contributed by atoms with Gasteiger partial charge in [-0.15, -0.1) is 0 Å². The SMILES string of the molecule is CCCCCCCCCN(C(=O)OC(C)(C)C)[C@@H](CC(C)C)C(=O)NCC. The summed E-state index contributed by atoms with van der Waals surface area (Å²) < 4.78 is 5.61. The number of unbranched alkanes of at least 4 members (excludes halogenated alkanes) is 6. The third-order valence-electron chi connectivity index (χ3n) is 4.36. The third kappa shape index (κ3) is 12.7. The van der Waals surface area contributed by atoms with E-state index in [9.17, 15) is 9.59 Å². The fraction of sp³-hybridized carbons (Fsp3) is 0.909. The number of hydrogen-bond donors (Lipinski definition) is 1. The molecule has 2 amide bonds. The molecule has 0 heterocycles. The minimum Gasteiger partial charge on any atom is -0.444 e. The van der Waals surface area contributed by atoms with Gasteiger partial charge in [0.05, 0.1) is 0 Å². The summed E-state index contributed by atoms with van der Waals surface area (Å²) >= 11 is 0. The lowest BCUT2D eigenvalue weighted by atomic mass is 10.0. The van der Waals surface area contributed by atoms with Crippen LogP contribution in [0.5, 0.6) is 0 Å². The zero-order valence-corrected chi connectivity index (χ0v) is 18.9. The molecule has 0 aliphatic carbocycles. The minimum atomic E-state index is -0.570. The summed E-state index contributed by atoms with van der Waals surface area (Å²) in [6, 6.07) is -0.472. The number of amides is 2. The van der Waals surface area contributed by atoms with Gasteiger partial charge in [0.1, 0.15) is 11.6 Å². The van der Waals surface area contributed by atoms with E-state index in [-0.39, 0.29) is 12.0 Å². The first-order valence-corrected chi connectivity index (χ1v) is 10.9. The molecule has 5 heteroatoms. The van der Waals surface area contributed by atoms with Gasteiger partial charge in [-0.3, -0.25) is 9.69 Å². The van der Waals surface area contributed by atoms with E-state index < -0.39 is 11.6 Å². The lowest BCUT2D eigenvalue weighted by molar-refractivity contribution is -0.127. The van der Waals surface area contributed by atoms with E-state index in [1.807, 2.05) is 27.7 Å². The second-order valence-corrected chi connectivity index (χ2v) is 8.83. The maximum absolute atomic E-state index is 12.8. The van der Waals surface area contributed by atoms with Crippen LogP contribution < -0.4 is 5.32 Å². The molecule has 0 rings (SSSR count). The average Bonchev–Trinajstić information content (AvgIpc) is 2.54. The van der Waals surface area contributed by atoms with Crippen LogP contribution in [0.2, 0.25) is 0 Å². The van der Waals surface area contributed by atoms with Crippen molar-refractivity contribution >= 4 is 12.0 Å². The van der Waals surface area contributed by atoms with Crippen molar-refractivity contribution in [2.24, 2.45) is 5.92 Å². The third-order valence-corrected chi connectivity index (χ3v) is 4.36. The van der Waals surface area contributed by atoms with Gasteiger partial charge in [-0.05, 0) is 46.5 Å². The molecule has 0 saturated carbocycles. The maximum Gasteiger partial charge on any atom is 0.410 e. The number of likely N-dealkylation sites (N-methyl/N-ethyl adjacent to an activating group) is 1. The molecule has 0 aromatic heterocycles. The Labute approximate surface area is 167 Å². The van der Waals surface area contributed by atoms with Gasteiger partial charge in [0.2, 0.25) is 5.91 Å². The van der Waals surface area contributed by atoms with E-state index >= 15 is 0 Å². The van der Waals surface area contributed by atoms with Crippen LogP contribution in [0.15, 0.2) is 0 Å². The summed E-state index contributed by atoms with van der Waals surface area (Å²) in [5.41, 5.74) is -0.570. The minimum absolute atomic E-state index is 0.0833. The van der Waals surface area contributed by atoms with Crippen LogP contribution in [0.3, 0.4) is 0 Å². The monoisotopic (exact) mass is 384 g/mol. The van der Waals surface area contributed by atoms with Crippen LogP contribution in [-0.2, 0) is 9.53 Å². The Morgan fingerprint density at radius 3 is 2.00 bits per heavy atom. The van der Waals surface area contributed by atoms with Crippen LogP contribution in [0.4, 0.5) is 4.79 Å². The predicted octanol–water partition coefficient (Wildman–Crippen LogP) is 5.52. The van der Waals surface area contributed by atoms with Crippen molar-refractivity contribution in [2.45, 2.75) is 111 Å². The topological polar surface area (TPSA) is 58.6 Å². The van der Waals surface area contributed by atoms with Gasteiger partial charge in [-0.25, -0.2) is 4.79 Å². The summed E-state index contributed by atoms with van der Waals surface area (Å²) in [5.74, 6) is 0.233. The Balaban J connectivity index is 5.00. The molecule has 160 valence electrons. The van der Waals surface area contributed by atoms with E-state index in [0.717, 1.165) is 12.8 Å². The molecule has 0 unspecified atom stereocenters. The first-order valence-electron chi connectivity index (χ1n) is 10.9. The van der Waals surface area contributed by atoms with Crippen molar-refractivity contribution < 1.29 is 14.3 Å². The number of carbonyl (C=O) groups is 2. The number of rotatable bonds is 13. The summed E-state index contributed by atoms with van der Waals surface area (Å²) in [4.78, 5) is 27.1. The van der Waals surface area contributed by atoms with Crippen LogP contribution in [0, 0.1) is 5.92 Å². The van der Waals surface area contributed by atoms with Gasteiger partial charge in [0.15, 0.2) is 0 Å².